The molecule has 626 valence electrons. The van der Waals surface area contributed by atoms with Crippen LogP contribution in [0.15, 0.2) is 352 Å². The zero-order chi connectivity index (χ0) is 87.6. The second-order valence-corrected chi connectivity index (χ2v) is 32.7. The molecule has 0 N–H and O–H groups in total. The topological polar surface area (TPSA) is 118 Å². The van der Waals surface area contributed by atoms with Gasteiger partial charge in [-0.25, -0.2) is 19.2 Å². The van der Waals surface area contributed by atoms with E-state index in [-0.39, 0.29) is 30.6 Å². The Bertz CT molecular complexity index is 5570. The largest absolute Gasteiger partial charge is 0.462 e. The van der Waals surface area contributed by atoms with Crippen molar-refractivity contribution in [3.8, 4) is 22.3 Å². The number of benzene rings is 13. The highest BCUT2D eigenvalue weighted by Gasteiger charge is 2.36. The molecule has 124 heavy (non-hydrogen) atoms. The fourth-order valence-corrected chi connectivity index (χ4v) is 15.5. The zero-order valence-electron chi connectivity index (χ0n) is 73.0. The maximum absolute atomic E-state index is 12.0. The molecule has 13 aromatic rings. The van der Waals surface area contributed by atoms with Crippen molar-refractivity contribution >= 4 is 92.1 Å². The van der Waals surface area contributed by atoms with Gasteiger partial charge in [-0.2, -0.15) is 0 Å². The van der Waals surface area contributed by atoms with Crippen molar-refractivity contribution in [1.29, 1.82) is 0 Å². The molecule has 0 radical (unpaired) electrons. The summed E-state index contributed by atoms with van der Waals surface area (Å²) in [7, 11) is 0. The van der Waals surface area contributed by atoms with Crippen molar-refractivity contribution in [2.45, 2.75) is 133 Å². The van der Waals surface area contributed by atoms with E-state index in [9.17, 15) is 19.2 Å². The minimum Gasteiger partial charge on any atom is -0.462 e. The molecule has 0 spiro atoms. The molecule has 1 fully saturated rings. The van der Waals surface area contributed by atoms with Crippen LogP contribution < -0.4 is 19.6 Å². The van der Waals surface area contributed by atoms with Gasteiger partial charge in [0.1, 0.15) is 13.2 Å². The first-order chi connectivity index (χ1) is 59.8. The fraction of sp³-hybridized carbons (Fsp3) is 0.196. The normalized spacial score (nSPS) is 12.0. The average Bonchev–Trinajstić information content (AvgIpc) is 0.758. The summed E-state index contributed by atoms with van der Waals surface area (Å²) < 4.78 is 21.5. The van der Waals surface area contributed by atoms with Gasteiger partial charge in [-0.1, -0.05) is 214 Å². The van der Waals surface area contributed by atoms with Crippen LogP contribution in [0.3, 0.4) is 0 Å². The SMILES string of the molecule is C=C(C)C(=O)OCCc1ccc(N(c2ccc(C)cc2)c2ccc(C3(c4ccc(N(c5ccc(C)cc5)c5ccc(CCOC(=O)C(=C)C)cc5)cc4)CCCCC3)cc2)cc1.C=C(C)C(=O)OCc1ccc(N(c2ccc(-c3ccc(-c4ccc(N(c5ccc(COC(=O)C(=C)C)cc5)c5ccc(C)c(C)c5)cc4)cc3)cc2)c2ccc(C)c(C)c2)cc1. The maximum atomic E-state index is 12.0. The smallest absolute Gasteiger partial charge is 0.333 e. The molecule has 0 saturated heterocycles. The lowest BCUT2D eigenvalue weighted by Crippen LogP contribution is -2.30. The van der Waals surface area contributed by atoms with E-state index in [0.29, 0.717) is 48.3 Å². The summed E-state index contributed by atoms with van der Waals surface area (Å²) in [4.78, 5) is 56.8. The summed E-state index contributed by atoms with van der Waals surface area (Å²) in [5.41, 5.74) is 32.7. The second-order valence-electron chi connectivity index (χ2n) is 32.7. The lowest BCUT2D eigenvalue weighted by Gasteiger charge is -2.39. The van der Waals surface area contributed by atoms with E-state index < -0.39 is 11.9 Å². The first-order valence-corrected chi connectivity index (χ1v) is 42.5. The van der Waals surface area contributed by atoms with Crippen molar-refractivity contribution in [3.63, 3.8) is 0 Å². The van der Waals surface area contributed by atoms with Crippen LogP contribution >= 0.6 is 0 Å². The Morgan fingerprint density at radius 2 is 0.492 bits per heavy atom. The molecule has 0 aromatic heterocycles. The van der Waals surface area contributed by atoms with E-state index in [1.165, 1.54) is 63.8 Å². The van der Waals surface area contributed by atoms with E-state index in [4.69, 9.17) is 18.9 Å². The van der Waals surface area contributed by atoms with Gasteiger partial charge in [-0.05, 0) is 306 Å². The quantitative estimate of drug-likeness (QED) is 0.0242. The van der Waals surface area contributed by atoms with Gasteiger partial charge < -0.3 is 38.5 Å². The molecule has 1 aliphatic carbocycles. The standard InChI is InChI=1S/C56H52N2O4.C56H58N2O4/c1-37(2)55(59)61-35-43-11-25-49(26-12-43)57(53-23-9-39(5)41(7)33-53)51-29-19-47(20-30-51)45-15-17-46(18-16-45)48-21-31-52(32-22-48)58(54-24-10-40(6)42(8)34-54)50-27-13-44(14-28-50)36-62-56(60)38(3)4;1-40(2)54(59)61-38-34-44-14-26-50(27-15-44)57(48-22-10-42(5)11-23-48)52-30-18-46(19-31-52)56(36-8-7-9-37-56)47-20-32-53(33-21-47)58(49-24-12-43(6)13-25-49)51-28-16-45(17-29-51)35-39-62-55(60)41(3)4/h9-34H,1,3,35-36H2,2,4-8H3;10-33H,1,3,7-9,34-39H2,2,4-6H3. The van der Waals surface area contributed by atoms with Crippen LogP contribution in [-0.2, 0) is 69.6 Å². The summed E-state index contributed by atoms with van der Waals surface area (Å²) in [6.07, 6.45) is 7.09. The highest BCUT2D eigenvalue weighted by Crippen LogP contribution is 2.48. The number of esters is 4. The third kappa shape index (κ3) is 21.8. The van der Waals surface area contributed by atoms with Crippen LogP contribution in [0.2, 0.25) is 0 Å². The van der Waals surface area contributed by atoms with Crippen molar-refractivity contribution in [1.82, 2.24) is 0 Å². The molecule has 0 heterocycles. The molecule has 12 nitrogen and oxygen atoms in total. The predicted molar refractivity (Wildman–Crippen MR) is 509 cm³/mol. The van der Waals surface area contributed by atoms with Crippen LogP contribution in [0.5, 0.6) is 0 Å². The second kappa shape index (κ2) is 40.5. The summed E-state index contributed by atoms with van der Waals surface area (Å²) in [6.45, 7) is 35.1. The minimum atomic E-state index is -0.395. The van der Waals surface area contributed by atoms with Gasteiger partial charge in [0.05, 0.1) is 13.2 Å². The third-order valence-electron chi connectivity index (χ3n) is 23.1. The molecule has 0 bridgehead atoms. The first-order valence-electron chi connectivity index (χ1n) is 42.5. The predicted octanol–water partition coefficient (Wildman–Crippen LogP) is 28.2. The van der Waals surface area contributed by atoms with Gasteiger partial charge in [0, 0.05) is 109 Å². The number of carbonyl (C=O) groups is 4. The molecule has 13 aromatic carbocycles. The molecule has 0 amide bonds. The first kappa shape index (κ1) is 87.7. The lowest BCUT2D eigenvalue weighted by molar-refractivity contribution is -0.141. The molecule has 1 aliphatic rings. The van der Waals surface area contributed by atoms with E-state index in [1.54, 1.807) is 27.7 Å². The van der Waals surface area contributed by atoms with E-state index in [2.05, 4.69) is 367 Å². The van der Waals surface area contributed by atoms with Crippen LogP contribution in [0.25, 0.3) is 22.3 Å². The number of hydrogen-bond donors (Lipinski definition) is 0. The Morgan fingerprint density at radius 3 is 0.766 bits per heavy atom. The number of nitrogens with zero attached hydrogens (tertiary/aromatic N) is 4. The Kier molecular flexibility index (Phi) is 28.7. The van der Waals surface area contributed by atoms with Crippen LogP contribution in [0.1, 0.15) is 127 Å². The van der Waals surface area contributed by atoms with E-state index in [0.717, 1.165) is 126 Å². The molecule has 0 unspecified atom stereocenters. The summed E-state index contributed by atoms with van der Waals surface area (Å²) in [5, 5.41) is 0. The Balaban J connectivity index is 0.000000213. The molecule has 1 saturated carbocycles. The van der Waals surface area contributed by atoms with Gasteiger partial charge in [-0.3, -0.25) is 0 Å². The highest BCUT2D eigenvalue weighted by molar-refractivity contribution is 5.89. The summed E-state index contributed by atoms with van der Waals surface area (Å²) >= 11 is 0. The molecule has 12 heteroatoms. The van der Waals surface area contributed by atoms with Gasteiger partial charge in [0.15, 0.2) is 0 Å². The van der Waals surface area contributed by atoms with E-state index >= 15 is 0 Å². The van der Waals surface area contributed by atoms with Crippen LogP contribution in [0, 0.1) is 41.5 Å². The Labute approximate surface area is 732 Å². The minimum absolute atomic E-state index is 0.0941. The van der Waals surface area contributed by atoms with Crippen LogP contribution in [-0.4, -0.2) is 37.1 Å². The maximum Gasteiger partial charge on any atom is 0.333 e. The number of rotatable bonds is 30. The monoisotopic (exact) mass is 1640 g/mol. The van der Waals surface area contributed by atoms with Gasteiger partial charge >= 0.3 is 23.9 Å². The molecular formula is C112H110N4O8. The van der Waals surface area contributed by atoms with Crippen molar-refractivity contribution in [2.75, 3.05) is 32.8 Å². The van der Waals surface area contributed by atoms with Crippen molar-refractivity contribution < 1.29 is 38.1 Å². The number of carbonyl (C=O) groups excluding carboxylic acids is 4. The number of anilines is 12. The van der Waals surface area contributed by atoms with Gasteiger partial charge in [0.25, 0.3) is 0 Å². The fourth-order valence-electron chi connectivity index (χ4n) is 15.5. The average molecular weight is 1640 g/mol. The van der Waals surface area contributed by atoms with Crippen molar-refractivity contribution in [2.24, 2.45) is 0 Å². The molecule has 0 aliphatic heterocycles. The molecule has 14 rings (SSSR count). The number of hydrogen-bond acceptors (Lipinski definition) is 12. The number of ether oxygens (including phenoxy) is 4. The van der Waals surface area contributed by atoms with Gasteiger partial charge in [0.2, 0.25) is 0 Å². The molecule has 0 atom stereocenters. The summed E-state index contributed by atoms with van der Waals surface area (Å²) in [5.74, 6) is -1.50. The molecular weight excluding hydrogens is 1530 g/mol. The van der Waals surface area contributed by atoms with E-state index in [1.807, 2.05) is 24.3 Å². The van der Waals surface area contributed by atoms with Crippen molar-refractivity contribution in [3.05, 3.63) is 419 Å². The van der Waals surface area contributed by atoms with Gasteiger partial charge in [-0.15, -0.1) is 0 Å². The number of aryl methyl sites for hydroxylation is 6. The Hall–Kier alpha value is -14.1. The zero-order valence-corrected chi connectivity index (χ0v) is 73.0. The third-order valence-corrected chi connectivity index (χ3v) is 23.1. The summed E-state index contributed by atoms with van der Waals surface area (Å²) in [6, 6.07) is 108. The Morgan fingerprint density at radius 1 is 0.266 bits per heavy atom. The van der Waals surface area contributed by atoms with Crippen LogP contribution in [0.4, 0.5) is 68.2 Å². The highest BCUT2D eigenvalue weighted by atomic mass is 16.5. The lowest BCUT2D eigenvalue weighted by atomic mass is 9.65.